The highest BCUT2D eigenvalue weighted by Crippen LogP contribution is 2.08. The van der Waals surface area contributed by atoms with E-state index in [0.29, 0.717) is 0 Å². The average Bonchev–Trinajstić information content (AvgIpc) is 2.16. The van der Waals surface area contributed by atoms with E-state index in [0.717, 1.165) is 37.8 Å². The topological polar surface area (TPSA) is 29.4 Å². The quantitative estimate of drug-likeness (QED) is 0.530. The van der Waals surface area contributed by atoms with Crippen LogP contribution in [0.1, 0.15) is 38.5 Å². The molecule has 0 spiro atoms. The summed E-state index contributed by atoms with van der Waals surface area (Å²) in [7, 11) is 0. The number of carbonyl (C=O) groups excluding carboxylic acids is 1. The van der Waals surface area contributed by atoms with Crippen molar-refractivity contribution in [3.8, 4) is 0 Å². The van der Waals surface area contributed by atoms with Crippen molar-refractivity contribution in [2.75, 3.05) is 6.54 Å². The largest absolute Gasteiger partial charge is 0.297 e. The SMILES string of the molecule is O=CC1=NCCCCCCC1. The normalized spacial score (nSPS) is 20.9. The highest BCUT2D eigenvalue weighted by Gasteiger charge is 2.00. The van der Waals surface area contributed by atoms with Crippen LogP contribution in [0.2, 0.25) is 0 Å². The summed E-state index contributed by atoms with van der Waals surface area (Å²) in [5.74, 6) is 0. The van der Waals surface area contributed by atoms with E-state index in [-0.39, 0.29) is 0 Å². The van der Waals surface area contributed by atoms with Gasteiger partial charge in [-0.3, -0.25) is 9.79 Å². The molecule has 0 aromatic heterocycles. The van der Waals surface area contributed by atoms with E-state index in [9.17, 15) is 4.79 Å². The predicted molar refractivity (Wildman–Crippen MR) is 46.1 cm³/mol. The highest BCUT2D eigenvalue weighted by atomic mass is 16.1. The van der Waals surface area contributed by atoms with Crippen LogP contribution in [0.4, 0.5) is 0 Å². The summed E-state index contributed by atoms with van der Waals surface area (Å²) in [5, 5.41) is 0. The molecule has 0 aromatic rings. The molecule has 0 bridgehead atoms. The van der Waals surface area contributed by atoms with Gasteiger partial charge in [-0.05, 0) is 19.3 Å². The van der Waals surface area contributed by atoms with Gasteiger partial charge < -0.3 is 0 Å². The van der Waals surface area contributed by atoms with E-state index in [4.69, 9.17) is 0 Å². The van der Waals surface area contributed by atoms with E-state index in [1.54, 1.807) is 0 Å². The van der Waals surface area contributed by atoms with Crippen molar-refractivity contribution in [3.05, 3.63) is 0 Å². The van der Waals surface area contributed by atoms with Crippen molar-refractivity contribution in [3.63, 3.8) is 0 Å². The Bertz CT molecular complexity index is 152. The third-order valence-corrected chi connectivity index (χ3v) is 2.04. The number of aldehydes is 1. The standard InChI is InChI=1S/C9H15NO/c11-8-9-6-4-2-1-3-5-7-10-9/h8H,1-7H2. The van der Waals surface area contributed by atoms with Crippen LogP contribution in [-0.4, -0.2) is 18.5 Å². The molecule has 1 heterocycles. The minimum Gasteiger partial charge on any atom is -0.297 e. The molecule has 0 radical (unpaired) electrons. The van der Waals surface area contributed by atoms with Crippen molar-refractivity contribution in [2.45, 2.75) is 38.5 Å². The lowest BCUT2D eigenvalue weighted by atomic mass is 10.1. The van der Waals surface area contributed by atoms with Gasteiger partial charge in [0.25, 0.3) is 0 Å². The minimum absolute atomic E-state index is 0.770. The zero-order valence-electron chi connectivity index (χ0n) is 6.88. The molecule has 0 unspecified atom stereocenters. The fourth-order valence-corrected chi connectivity index (χ4v) is 1.35. The first-order chi connectivity index (χ1) is 5.43. The lowest BCUT2D eigenvalue weighted by Crippen LogP contribution is -1.99. The molecule has 0 saturated heterocycles. The Hall–Kier alpha value is -0.660. The van der Waals surface area contributed by atoms with Crippen LogP contribution in [0.5, 0.6) is 0 Å². The van der Waals surface area contributed by atoms with E-state index < -0.39 is 0 Å². The van der Waals surface area contributed by atoms with Gasteiger partial charge in [0.2, 0.25) is 0 Å². The van der Waals surface area contributed by atoms with Gasteiger partial charge in [0.05, 0.1) is 5.71 Å². The van der Waals surface area contributed by atoms with Crippen LogP contribution in [-0.2, 0) is 4.79 Å². The highest BCUT2D eigenvalue weighted by molar-refractivity contribution is 6.28. The van der Waals surface area contributed by atoms with Crippen molar-refractivity contribution in [1.29, 1.82) is 0 Å². The number of carbonyl (C=O) groups is 1. The van der Waals surface area contributed by atoms with Crippen LogP contribution in [0, 0.1) is 0 Å². The minimum atomic E-state index is 0.770. The molecule has 2 heteroatoms. The molecule has 1 rings (SSSR count). The van der Waals surface area contributed by atoms with Crippen molar-refractivity contribution in [2.24, 2.45) is 4.99 Å². The van der Waals surface area contributed by atoms with Crippen LogP contribution in [0.25, 0.3) is 0 Å². The Morgan fingerprint density at radius 3 is 2.64 bits per heavy atom. The third-order valence-electron chi connectivity index (χ3n) is 2.04. The van der Waals surface area contributed by atoms with Crippen molar-refractivity contribution >= 4 is 12.0 Å². The molecule has 0 fully saturated rings. The van der Waals surface area contributed by atoms with E-state index in [1.807, 2.05) is 0 Å². The van der Waals surface area contributed by atoms with Crippen LogP contribution in [0.15, 0.2) is 4.99 Å². The van der Waals surface area contributed by atoms with Crippen LogP contribution >= 0.6 is 0 Å². The summed E-state index contributed by atoms with van der Waals surface area (Å²) in [6.07, 6.45) is 7.92. The molecule has 1 aliphatic rings. The fraction of sp³-hybridized carbons (Fsp3) is 0.778. The molecule has 0 aromatic carbocycles. The number of hydrogen-bond acceptors (Lipinski definition) is 2. The molecule has 1 aliphatic heterocycles. The number of aliphatic imine (C=N–C) groups is 1. The van der Waals surface area contributed by atoms with Gasteiger partial charge in [0, 0.05) is 6.54 Å². The summed E-state index contributed by atoms with van der Waals surface area (Å²) >= 11 is 0. The molecule has 11 heavy (non-hydrogen) atoms. The molecule has 0 aliphatic carbocycles. The monoisotopic (exact) mass is 153 g/mol. The zero-order chi connectivity index (χ0) is 7.94. The summed E-state index contributed by atoms with van der Waals surface area (Å²) in [4.78, 5) is 14.6. The Morgan fingerprint density at radius 1 is 1.09 bits per heavy atom. The number of rotatable bonds is 1. The van der Waals surface area contributed by atoms with Crippen LogP contribution in [0.3, 0.4) is 0 Å². The van der Waals surface area contributed by atoms with Crippen molar-refractivity contribution < 1.29 is 4.79 Å². The van der Waals surface area contributed by atoms with Gasteiger partial charge in [-0.15, -0.1) is 0 Å². The molecular formula is C9H15NO. The third kappa shape index (κ3) is 3.30. The van der Waals surface area contributed by atoms with E-state index in [1.165, 1.54) is 19.3 Å². The van der Waals surface area contributed by atoms with Gasteiger partial charge in [0.1, 0.15) is 0 Å². The molecule has 0 amide bonds. The van der Waals surface area contributed by atoms with Crippen molar-refractivity contribution in [1.82, 2.24) is 0 Å². The van der Waals surface area contributed by atoms with Crippen LogP contribution < -0.4 is 0 Å². The van der Waals surface area contributed by atoms with Gasteiger partial charge in [-0.2, -0.15) is 0 Å². The van der Waals surface area contributed by atoms with Gasteiger partial charge in [0.15, 0.2) is 6.29 Å². The maximum atomic E-state index is 10.4. The first-order valence-corrected chi connectivity index (χ1v) is 4.42. The predicted octanol–water partition coefficient (Wildman–Crippen LogP) is 1.98. The maximum Gasteiger partial charge on any atom is 0.163 e. The molecule has 62 valence electrons. The summed E-state index contributed by atoms with van der Waals surface area (Å²) in [6.45, 7) is 0.855. The molecule has 2 nitrogen and oxygen atoms in total. The van der Waals surface area contributed by atoms with Gasteiger partial charge in [-0.25, -0.2) is 0 Å². The zero-order valence-corrected chi connectivity index (χ0v) is 6.88. The molecular weight excluding hydrogens is 138 g/mol. The second kappa shape index (κ2) is 5.05. The first kappa shape index (κ1) is 8.44. The number of nitrogens with zero attached hydrogens (tertiary/aromatic N) is 1. The Morgan fingerprint density at radius 2 is 1.82 bits per heavy atom. The second-order valence-electron chi connectivity index (χ2n) is 3.01. The molecule has 0 saturated carbocycles. The van der Waals surface area contributed by atoms with Gasteiger partial charge >= 0.3 is 0 Å². The second-order valence-corrected chi connectivity index (χ2v) is 3.01. The Balaban J connectivity index is 2.40. The Kier molecular flexibility index (Phi) is 3.87. The molecule has 0 N–H and O–H groups in total. The fourth-order valence-electron chi connectivity index (χ4n) is 1.35. The average molecular weight is 153 g/mol. The number of hydrogen-bond donors (Lipinski definition) is 0. The van der Waals surface area contributed by atoms with E-state index in [2.05, 4.69) is 4.99 Å². The van der Waals surface area contributed by atoms with Gasteiger partial charge in [-0.1, -0.05) is 19.3 Å². The summed E-state index contributed by atoms with van der Waals surface area (Å²) in [6, 6.07) is 0. The lowest BCUT2D eigenvalue weighted by Gasteiger charge is -1.94. The first-order valence-electron chi connectivity index (χ1n) is 4.42. The smallest absolute Gasteiger partial charge is 0.163 e. The Labute approximate surface area is 67.7 Å². The molecule has 0 atom stereocenters. The lowest BCUT2D eigenvalue weighted by molar-refractivity contribution is -0.102. The summed E-state index contributed by atoms with van der Waals surface area (Å²) < 4.78 is 0. The maximum absolute atomic E-state index is 10.4. The van der Waals surface area contributed by atoms with E-state index >= 15 is 0 Å². The summed E-state index contributed by atoms with van der Waals surface area (Å²) in [5.41, 5.74) is 0.770.